The summed E-state index contributed by atoms with van der Waals surface area (Å²) in [6.45, 7) is 1.40. The monoisotopic (exact) mass is 229 g/mol. The molecule has 0 aliphatic heterocycles. The van der Waals surface area contributed by atoms with Crippen molar-refractivity contribution >= 4 is 11.0 Å². The maximum Gasteiger partial charge on any atom is 0.417 e. The summed E-state index contributed by atoms with van der Waals surface area (Å²) < 4.78 is 42.7. The van der Waals surface area contributed by atoms with E-state index in [0.29, 0.717) is 0 Å². The van der Waals surface area contributed by atoms with Gasteiger partial charge in [0.15, 0.2) is 5.89 Å². The molecule has 0 atom stereocenters. The van der Waals surface area contributed by atoms with Gasteiger partial charge in [0.05, 0.1) is 10.9 Å². The second-order valence-electron chi connectivity index (χ2n) is 3.21. The highest BCUT2D eigenvalue weighted by atomic mass is 19.4. The van der Waals surface area contributed by atoms with E-state index in [1.165, 1.54) is 19.1 Å². The highest BCUT2D eigenvalue weighted by molar-refractivity contribution is 5.79. The molecule has 0 amide bonds. The minimum Gasteiger partial charge on any atom is -0.442 e. The Bertz CT molecular complexity index is 601. The Kier molecular flexibility index (Phi) is 2.22. The Morgan fingerprint density at radius 3 is 2.62 bits per heavy atom. The number of aromatic nitrogens is 1. The fourth-order valence-electron chi connectivity index (χ4n) is 1.45. The molecular formula is C10H6F3NO2. The minimum atomic E-state index is -4.59. The van der Waals surface area contributed by atoms with Crippen LogP contribution in [0.25, 0.3) is 11.0 Å². The fraction of sp³-hybridized carbons (Fsp3) is 0.200. The summed E-state index contributed by atoms with van der Waals surface area (Å²) in [6, 6.07) is 3.32. The molecule has 0 fully saturated rings. The first-order valence-electron chi connectivity index (χ1n) is 4.37. The van der Waals surface area contributed by atoms with E-state index in [2.05, 4.69) is 4.98 Å². The van der Waals surface area contributed by atoms with Crippen molar-refractivity contribution in [1.29, 1.82) is 0 Å². The van der Waals surface area contributed by atoms with Gasteiger partial charge < -0.3 is 4.42 Å². The van der Waals surface area contributed by atoms with E-state index in [-0.39, 0.29) is 11.5 Å². The molecule has 2 rings (SSSR count). The van der Waals surface area contributed by atoms with Crippen LogP contribution in [-0.4, -0.2) is 4.98 Å². The van der Waals surface area contributed by atoms with Crippen molar-refractivity contribution in [1.82, 2.24) is 4.98 Å². The number of rotatable bonds is 0. The number of hydrogen-bond donors (Lipinski definition) is 0. The van der Waals surface area contributed by atoms with Gasteiger partial charge in [0, 0.05) is 6.92 Å². The van der Waals surface area contributed by atoms with E-state index in [9.17, 15) is 18.0 Å². The third-order valence-corrected chi connectivity index (χ3v) is 2.06. The van der Waals surface area contributed by atoms with E-state index in [1.54, 1.807) is 0 Å². The zero-order valence-electron chi connectivity index (χ0n) is 8.13. The third-order valence-electron chi connectivity index (χ3n) is 2.06. The quantitative estimate of drug-likeness (QED) is 0.697. The van der Waals surface area contributed by atoms with Crippen molar-refractivity contribution in [2.75, 3.05) is 0 Å². The molecule has 1 aromatic heterocycles. The van der Waals surface area contributed by atoms with Crippen LogP contribution in [0.4, 0.5) is 13.2 Å². The second-order valence-corrected chi connectivity index (χ2v) is 3.21. The lowest BCUT2D eigenvalue weighted by Gasteiger charge is -2.08. The first kappa shape index (κ1) is 10.7. The van der Waals surface area contributed by atoms with Crippen molar-refractivity contribution in [3.05, 3.63) is 40.0 Å². The van der Waals surface area contributed by atoms with Gasteiger partial charge in [-0.3, -0.25) is 4.79 Å². The summed E-state index contributed by atoms with van der Waals surface area (Å²) in [7, 11) is 0. The molecule has 0 aliphatic rings. The minimum absolute atomic E-state index is 0.0387. The van der Waals surface area contributed by atoms with Gasteiger partial charge in [0.25, 0.3) is 5.56 Å². The van der Waals surface area contributed by atoms with Crippen molar-refractivity contribution in [2.24, 2.45) is 0 Å². The van der Waals surface area contributed by atoms with Crippen molar-refractivity contribution in [2.45, 2.75) is 13.1 Å². The standard InChI is InChI=1S/C10H6F3NO2/c1-5-14-9(15)8-6(10(11,12)13)3-2-4-7(8)16-5/h2-4H,1H3. The largest absolute Gasteiger partial charge is 0.442 e. The Labute approximate surface area is 87.5 Å². The second kappa shape index (κ2) is 3.33. The number of aryl methyl sites for hydroxylation is 1. The summed E-state index contributed by atoms with van der Waals surface area (Å²) in [4.78, 5) is 14.7. The van der Waals surface area contributed by atoms with E-state index in [0.717, 1.165) is 6.07 Å². The van der Waals surface area contributed by atoms with E-state index in [1.807, 2.05) is 0 Å². The van der Waals surface area contributed by atoms with Crippen LogP contribution in [0.2, 0.25) is 0 Å². The van der Waals surface area contributed by atoms with Crippen LogP contribution in [0.5, 0.6) is 0 Å². The summed E-state index contributed by atoms with van der Waals surface area (Å²) in [6.07, 6.45) is -4.59. The van der Waals surface area contributed by atoms with Gasteiger partial charge in [0.2, 0.25) is 0 Å². The van der Waals surface area contributed by atoms with Gasteiger partial charge in [-0.1, -0.05) is 6.07 Å². The molecule has 1 heterocycles. The Morgan fingerprint density at radius 1 is 1.31 bits per heavy atom. The number of hydrogen-bond acceptors (Lipinski definition) is 3. The average molecular weight is 229 g/mol. The molecule has 0 spiro atoms. The first-order valence-corrected chi connectivity index (χ1v) is 4.37. The van der Waals surface area contributed by atoms with Gasteiger partial charge in [-0.15, -0.1) is 0 Å². The van der Waals surface area contributed by atoms with E-state index in [4.69, 9.17) is 4.42 Å². The number of alkyl halides is 3. The van der Waals surface area contributed by atoms with Crippen molar-refractivity contribution in [3.8, 4) is 0 Å². The number of fused-ring (bicyclic) bond motifs is 1. The maximum atomic E-state index is 12.6. The maximum absolute atomic E-state index is 12.6. The van der Waals surface area contributed by atoms with Gasteiger partial charge in [0.1, 0.15) is 5.58 Å². The molecule has 6 heteroatoms. The third kappa shape index (κ3) is 1.66. The van der Waals surface area contributed by atoms with Crippen LogP contribution in [-0.2, 0) is 6.18 Å². The highest BCUT2D eigenvalue weighted by Gasteiger charge is 2.34. The summed E-state index contributed by atoms with van der Waals surface area (Å²) in [5, 5.41) is -0.527. The molecular weight excluding hydrogens is 223 g/mol. The average Bonchev–Trinajstić information content (AvgIpc) is 2.14. The topological polar surface area (TPSA) is 43.1 Å². The number of halogens is 3. The summed E-state index contributed by atoms with van der Waals surface area (Å²) in [5.74, 6) is 0.0387. The number of benzene rings is 1. The predicted octanol–water partition coefficient (Wildman–Crippen LogP) is 2.52. The zero-order valence-corrected chi connectivity index (χ0v) is 8.13. The first-order chi connectivity index (χ1) is 7.39. The summed E-state index contributed by atoms with van der Waals surface area (Å²) in [5.41, 5.74) is -2.05. The van der Waals surface area contributed by atoms with Crippen LogP contribution in [0.1, 0.15) is 11.5 Å². The normalized spacial score (nSPS) is 12.0. The Hall–Kier alpha value is -1.85. The van der Waals surface area contributed by atoms with Crippen LogP contribution >= 0.6 is 0 Å². The van der Waals surface area contributed by atoms with E-state index >= 15 is 0 Å². The highest BCUT2D eigenvalue weighted by Crippen LogP contribution is 2.33. The van der Waals surface area contributed by atoms with Crippen LogP contribution in [0, 0.1) is 6.92 Å². The molecule has 16 heavy (non-hydrogen) atoms. The Balaban J connectivity index is 2.93. The molecule has 0 aliphatic carbocycles. The predicted molar refractivity (Wildman–Crippen MR) is 50.0 cm³/mol. The molecule has 2 aromatic rings. The van der Waals surface area contributed by atoms with Crippen LogP contribution < -0.4 is 5.56 Å². The molecule has 3 nitrogen and oxygen atoms in total. The molecule has 84 valence electrons. The summed E-state index contributed by atoms with van der Waals surface area (Å²) >= 11 is 0. The molecule has 0 saturated carbocycles. The van der Waals surface area contributed by atoms with Crippen molar-refractivity contribution in [3.63, 3.8) is 0 Å². The molecule has 0 saturated heterocycles. The lowest BCUT2D eigenvalue weighted by atomic mass is 10.1. The van der Waals surface area contributed by atoms with Gasteiger partial charge >= 0.3 is 6.18 Å². The molecule has 0 N–H and O–H groups in total. The molecule has 0 radical (unpaired) electrons. The van der Waals surface area contributed by atoms with Gasteiger partial charge in [-0.05, 0) is 12.1 Å². The van der Waals surface area contributed by atoms with E-state index < -0.39 is 22.7 Å². The lowest BCUT2D eigenvalue weighted by Crippen LogP contribution is -2.14. The van der Waals surface area contributed by atoms with Crippen LogP contribution in [0.3, 0.4) is 0 Å². The molecule has 0 unspecified atom stereocenters. The Morgan fingerprint density at radius 2 is 2.00 bits per heavy atom. The van der Waals surface area contributed by atoms with Gasteiger partial charge in [-0.2, -0.15) is 18.2 Å². The molecule has 1 aromatic carbocycles. The van der Waals surface area contributed by atoms with Crippen molar-refractivity contribution < 1.29 is 17.6 Å². The SMILES string of the molecule is Cc1nc(=O)c2c(C(F)(F)F)cccc2o1. The number of nitrogens with zero attached hydrogens (tertiary/aromatic N) is 1. The van der Waals surface area contributed by atoms with Gasteiger partial charge in [-0.25, -0.2) is 0 Å². The van der Waals surface area contributed by atoms with Crippen LogP contribution in [0.15, 0.2) is 27.4 Å². The zero-order chi connectivity index (χ0) is 11.9. The lowest BCUT2D eigenvalue weighted by molar-refractivity contribution is -0.136. The molecule has 0 bridgehead atoms. The smallest absolute Gasteiger partial charge is 0.417 e. The fourth-order valence-corrected chi connectivity index (χ4v) is 1.45.